The number of nitrogen functional groups attached to an aromatic ring is 1. The summed E-state index contributed by atoms with van der Waals surface area (Å²) in [6.45, 7) is 2.16. The average molecular weight is 287 g/mol. The number of ether oxygens (including phenoxy) is 2. The van der Waals surface area contributed by atoms with Crippen molar-refractivity contribution in [2.45, 2.75) is 6.10 Å². The summed E-state index contributed by atoms with van der Waals surface area (Å²) < 4.78 is 10.6. The molecule has 0 saturated carbocycles. The summed E-state index contributed by atoms with van der Waals surface area (Å²) in [6, 6.07) is 7.12. The van der Waals surface area contributed by atoms with E-state index < -0.39 is 0 Å². The fourth-order valence-electron chi connectivity index (χ4n) is 2.05. The molecule has 1 aromatic rings. The number of carbonyl (C=O) groups excluding carboxylic acids is 1. The number of anilines is 1. The first-order chi connectivity index (χ1) is 8.72. The standard InChI is InChI=1S/C13H18N2O3.ClH/c1-17-9-10-8-15(6-7-18-10)13(16)11-4-2-3-5-12(11)14;/h2-5,10H,6-9,14H2,1H3;1H. The Bertz CT molecular complexity index is 426. The molecule has 1 fully saturated rings. The van der Waals surface area contributed by atoms with Gasteiger partial charge >= 0.3 is 0 Å². The van der Waals surface area contributed by atoms with Gasteiger partial charge in [-0.05, 0) is 12.1 Å². The van der Waals surface area contributed by atoms with Crippen molar-refractivity contribution >= 4 is 24.0 Å². The number of methoxy groups -OCH3 is 1. The number of morpholine rings is 1. The largest absolute Gasteiger partial charge is 0.398 e. The number of benzene rings is 1. The van der Waals surface area contributed by atoms with Crippen LogP contribution < -0.4 is 5.73 Å². The third kappa shape index (κ3) is 3.83. The van der Waals surface area contributed by atoms with E-state index in [0.717, 1.165) is 0 Å². The van der Waals surface area contributed by atoms with Crippen molar-refractivity contribution in [3.8, 4) is 0 Å². The second-order valence-corrected chi connectivity index (χ2v) is 4.29. The minimum Gasteiger partial charge on any atom is -0.398 e. The highest BCUT2D eigenvalue weighted by Gasteiger charge is 2.25. The van der Waals surface area contributed by atoms with Gasteiger partial charge in [-0.3, -0.25) is 4.79 Å². The molecule has 6 heteroatoms. The zero-order valence-electron chi connectivity index (χ0n) is 10.9. The van der Waals surface area contributed by atoms with Gasteiger partial charge in [-0.25, -0.2) is 0 Å². The third-order valence-corrected chi connectivity index (χ3v) is 2.97. The predicted molar refractivity (Wildman–Crippen MR) is 75.6 cm³/mol. The van der Waals surface area contributed by atoms with Gasteiger partial charge in [-0.15, -0.1) is 12.4 Å². The lowest BCUT2D eigenvalue weighted by Crippen LogP contribution is -2.47. The summed E-state index contributed by atoms with van der Waals surface area (Å²) in [7, 11) is 1.62. The van der Waals surface area contributed by atoms with Gasteiger partial charge in [-0.1, -0.05) is 12.1 Å². The summed E-state index contributed by atoms with van der Waals surface area (Å²) in [4.78, 5) is 14.1. The molecular formula is C13H19ClN2O3. The molecule has 1 aromatic carbocycles. The lowest BCUT2D eigenvalue weighted by Gasteiger charge is -2.32. The van der Waals surface area contributed by atoms with Gasteiger partial charge in [0.05, 0.1) is 24.9 Å². The minimum absolute atomic E-state index is 0. The maximum absolute atomic E-state index is 12.3. The molecule has 1 unspecified atom stereocenters. The van der Waals surface area contributed by atoms with Crippen LogP contribution in [0.1, 0.15) is 10.4 Å². The van der Waals surface area contributed by atoms with E-state index in [2.05, 4.69) is 0 Å². The molecule has 1 aliphatic rings. The third-order valence-electron chi connectivity index (χ3n) is 2.97. The zero-order chi connectivity index (χ0) is 13.0. The predicted octanol–water partition coefficient (Wildman–Crippen LogP) is 1.18. The van der Waals surface area contributed by atoms with E-state index in [1.807, 2.05) is 12.1 Å². The average Bonchev–Trinajstić information content (AvgIpc) is 2.39. The van der Waals surface area contributed by atoms with Crippen molar-refractivity contribution in [1.29, 1.82) is 0 Å². The molecule has 106 valence electrons. The number of nitrogens with zero attached hydrogens (tertiary/aromatic N) is 1. The van der Waals surface area contributed by atoms with E-state index in [-0.39, 0.29) is 24.4 Å². The van der Waals surface area contributed by atoms with Crippen molar-refractivity contribution in [1.82, 2.24) is 4.90 Å². The molecule has 0 radical (unpaired) electrons. The number of rotatable bonds is 3. The molecule has 5 nitrogen and oxygen atoms in total. The fourth-order valence-corrected chi connectivity index (χ4v) is 2.05. The number of nitrogens with two attached hydrogens (primary N) is 1. The Balaban J connectivity index is 0.00000180. The molecule has 2 N–H and O–H groups in total. The number of halogens is 1. The summed E-state index contributed by atoms with van der Waals surface area (Å²) in [5.74, 6) is -0.0440. The van der Waals surface area contributed by atoms with Gasteiger partial charge in [0.25, 0.3) is 5.91 Å². The summed E-state index contributed by atoms with van der Waals surface area (Å²) in [6.07, 6.45) is -0.0577. The van der Waals surface area contributed by atoms with E-state index >= 15 is 0 Å². The van der Waals surface area contributed by atoms with Crippen molar-refractivity contribution in [2.24, 2.45) is 0 Å². The second-order valence-electron chi connectivity index (χ2n) is 4.29. The summed E-state index contributed by atoms with van der Waals surface area (Å²) in [5.41, 5.74) is 6.88. The molecule has 0 spiro atoms. The van der Waals surface area contributed by atoms with Crippen LogP contribution in [0.25, 0.3) is 0 Å². The van der Waals surface area contributed by atoms with Crippen LogP contribution in [0.3, 0.4) is 0 Å². The summed E-state index contributed by atoms with van der Waals surface area (Å²) in [5, 5.41) is 0. The Labute approximate surface area is 119 Å². The van der Waals surface area contributed by atoms with Crippen LogP contribution in [-0.2, 0) is 9.47 Å². The molecule has 0 aliphatic carbocycles. The number of hydrogen-bond donors (Lipinski definition) is 1. The Morgan fingerprint density at radius 3 is 2.95 bits per heavy atom. The lowest BCUT2D eigenvalue weighted by atomic mass is 10.1. The van der Waals surface area contributed by atoms with Gasteiger partial charge < -0.3 is 20.1 Å². The topological polar surface area (TPSA) is 64.8 Å². The maximum atomic E-state index is 12.3. The van der Waals surface area contributed by atoms with Crippen molar-refractivity contribution in [2.75, 3.05) is 39.1 Å². The van der Waals surface area contributed by atoms with Crippen LogP contribution in [0.2, 0.25) is 0 Å². The van der Waals surface area contributed by atoms with E-state index in [1.165, 1.54) is 0 Å². The van der Waals surface area contributed by atoms with Gasteiger partial charge in [-0.2, -0.15) is 0 Å². The molecule has 2 rings (SSSR count). The molecule has 1 atom stereocenters. The quantitative estimate of drug-likeness (QED) is 0.848. The SMILES string of the molecule is COCC1CN(C(=O)c2ccccc2N)CCO1.Cl. The number of amides is 1. The zero-order valence-corrected chi connectivity index (χ0v) is 11.7. The smallest absolute Gasteiger partial charge is 0.256 e. The minimum atomic E-state index is -0.0577. The first-order valence-electron chi connectivity index (χ1n) is 5.96. The number of para-hydroxylation sites is 1. The van der Waals surface area contributed by atoms with Crippen molar-refractivity contribution < 1.29 is 14.3 Å². The first kappa shape index (κ1) is 15.8. The van der Waals surface area contributed by atoms with Crippen LogP contribution in [0.15, 0.2) is 24.3 Å². The molecule has 1 aliphatic heterocycles. The Hall–Kier alpha value is -1.30. The monoisotopic (exact) mass is 286 g/mol. The summed E-state index contributed by atoms with van der Waals surface area (Å²) >= 11 is 0. The lowest BCUT2D eigenvalue weighted by molar-refractivity contribution is -0.0530. The van der Waals surface area contributed by atoms with Crippen LogP contribution in [0.5, 0.6) is 0 Å². The molecule has 19 heavy (non-hydrogen) atoms. The molecule has 1 amide bonds. The van der Waals surface area contributed by atoms with E-state index in [4.69, 9.17) is 15.2 Å². The second kappa shape index (κ2) is 7.33. The van der Waals surface area contributed by atoms with Crippen molar-refractivity contribution in [3.63, 3.8) is 0 Å². The highest BCUT2D eigenvalue weighted by Crippen LogP contribution is 2.16. The van der Waals surface area contributed by atoms with E-state index in [1.54, 1.807) is 24.1 Å². The molecular weight excluding hydrogens is 268 g/mol. The number of carbonyl (C=O) groups is 1. The van der Waals surface area contributed by atoms with Crippen molar-refractivity contribution in [3.05, 3.63) is 29.8 Å². The Morgan fingerprint density at radius 2 is 2.26 bits per heavy atom. The fraction of sp³-hybridized carbons (Fsp3) is 0.462. The molecule has 1 heterocycles. The van der Waals surface area contributed by atoms with Crippen LogP contribution in [-0.4, -0.2) is 50.3 Å². The maximum Gasteiger partial charge on any atom is 0.256 e. The molecule has 0 bridgehead atoms. The van der Waals surface area contributed by atoms with Gasteiger partial charge in [0, 0.05) is 25.9 Å². The number of hydrogen-bond acceptors (Lipinski definition) is 4. The molecule has 0 aromatic heterocycles. The van der Waals surface area contributed by atoms with Gasteiger partial charge in [0.2, 0.25) is 0 Å². The van der Waals surface area contributed by atoms with Crippen LogP contribution >= 0.6 is 12.4 Å². The Morgan fingerprint density at radius 1 is 1.53 bits per heavy atom. The van der Waals surface area contributed by atoms with Gasteiger partial charge in [0.15, 0.2) is 0 Å². The normalized spacial score (nSPS) is 18.8. The van der Waals surface area contributed by atoms with Gasteiger partial charge in [0.1, 0.15) is 0 Å². The van der Waals surface area contributed by atoms with E-state index in [0.29, 0.717) is 37.6 Å². The highest BCUT2D eigenvalue weighted by atomic mass is 35.5. The van der Waals surface area contributed by atoms with Crippen LogP contribution in [0.4, 0.5) is 5.69 Å². The Kier molecular flexibility index (Phi) is 6.08. The van der Waals surface area contributed by atoms with Crippen LogP contribution in [0, 0.1) is 0 Å². The first-order valence-corrected chi connectivity index (χ1v) is 5.96. The van der Waals surface area contributed by atoms with E-state index in [9.17, 15) is 4.79 Å². The molecule has 1 saturated heterocycles. The highest BCUT2D eigenvalue weighted by molar-refractivity contribution is 5.99.